The molecule has 4 N–H and O–H groups in total. The third-order valence-corrected chi connectivity index (χ3v) is 4.47. The number of nitrogens with zero attached hydrogens (tertiary/aromatic N) is 4. The number of nitrogens with two attached hydrogens (primary N) is 2. The minimum Gasteiger partial charge on any atom is -0.382 e. The van der Waals surface area contributed by atoms with Crippen molar-refractivity contribution in [1.82, 2.24) is 14.8 Å². The van der Waals surface area contributed by atoms with Crippen LogP contribution < -0.4 is 16.4 Å². The average molecular weight is 312 g/mol. The highest BCUT2D eigenvalue weighted by atomic mass is 32.1. The lowest BCUT2D eigenvalue weighted by atomic mass is 10.3. The molecule has 1 aliphatic rings. The number of primary amides is 1. The molecule has 0 spiro atoms. The highest BCUT2D eigenvalue weighted by molar-refractivity contribution is 7.18. The average Bonchev–Trinajstić information content (AvgIpc) is 2.80. The van der Waals surface area contributed by atoms with Crippen LogP contribution in [-0.4, -0.2) is 73.4 Å². The molecule has 0 unspecified atom stereocenters. The van der Waals surface area contributed by atoms with E-state index in [1.807, 2.05) is 0 Å². The van der Waals surface area contributed by atoms with Gasteiger partial charge in [0.05, 0.1) is 6.54 Å². The maximum absolute atomic E-state index is 12.2. The molecule has 1 fully saturated rings. The van der Waals surface area contributed by atoms with Crippen molar-refractivity contribution in [3.63, 3.8) is 0 Å². The zero-order chi connectivity index (χ0) is 15.6. The molecule has 116 valence electrons. The van der Waals surface area contributed by atoms with Crippen molar-refractivity contribution in [2.45, 2.75) is 0 Å². The molecule has 1 saturated heterocycles. The SMILES string of the molecule is CN1CCN(c2nc(N)c(C(=O)N(C)CC(N)=O)s2)CC1. The van der Waals surface area contributed by atoms with E-state index in [-0.39, 0.29) is 18.3 Å². The summed E-state index contributed by atoms with van der Waals surface area (Å²) in [6.45, 7) is 3.47. The number of nitrogen functional groups attached to an aromatic ring is 1. The monoisotopic (exact) mass is 312 g/mol. The second-order valence-corrected chi connectivity index (χ2v) is 6.11. The molecule has 21 heavy (non-hydrogen) atoms. The van der Waals surface area contributed by atoms with Crippen LogP contribution >= 0.6 is 11.3 Å². The number of amides is 2. The van der Waals surface area contributed by atoms with E-state index >= 15 is 0 Å². The molecule has 0 saturated carbocycles. The maximum atomic E-state index is 12.2. The van der Waals surface area contributed by atoms with Crippen LogP contribution in [-0.2, 0) is 4.79 Å². The van der Waals surface area contributed by atoms with Gasteiger partial charge in [0.1, 0.15) is 10.7 Å². The quantitative estimate of drug-likeness (QED) is 0.741. The Morgan fingerprint density at radius 1 is 1.33 bits per heavy atom. The number of rotatable bonds is 4. The first-order chi connectivity index (χ1) is 9.88. The minimum atomic E-state index is -0.562. The standard InChI is InChI=1S/C12H20N6O2S/c1-16-3-5-18(6-4-16)12-15-10(14)9(21-12)11(20)17(2)7-8(13)19/h3-7,14H2,1-2H3,(H2,13,19). The van der Waals surface area contributed by atoms with Crippen molar-refractivity contribution in [3.05, 3.63) is 4.88 Å². The summed E-state index contributed by atoms with van der Waals surface area (Å²) in [4.78, 5) is 33.4. The van der Waals surface area contributed by atoms with Crippen molar-refractivity contribution >= 4 is 34.1 Å². The normalized spacial score (nSPS) is 16.0. The summed E-state index contributed by atoms with van der Waals surface area (Å²) in [7, 11) is 3.59. The van der Waals surface area contributed by atoms with Gasteiger partial charge in [-0.05, 0) is 7.05 Å². The van der Waals surface area contributed by atoms with Gasteiger partial charge in [-0.25, -0.2) is 4.98 Å². The molecule has 1 aromatic rings. The number of anilines is 2. The molecule has 9 heteroatoms. The lowest BCUT2D eigenvalue weighted by Crippen LogP contribution is -2.44. The molecule has 2 rings (SSSR count). The van der Waals surface area contributed by atoms with E-state index in [0.29, 0.717) is 4.88 Å². The van der Waals surface area contributed by atoms with E-state index in [9.17, 15) is 9.59 Å². The summed E-state index contributed by atoms with van der Waals surface area (Å²) < 4.78 is 0. The fraction of sp³-hybridized carbons (Fsp3) is 0.583. The van der Waals surface area contributed by atoms with Gasteiger partial charge in [-0.15, -0.1) is 0 Å². The Bertz CT molecular complexity index is 538. The van der Waals surface area contributed by atoms with Gasteiger partial charge in [0.2, 0.25) is 5.91 Å². The third kappa shape index (κ3) is 3.61. The van der Waals surface area contributed by atoms with Gasteiger partial charge in [0, 0.05) is 33.2 Å². The second kappa shape index (κ2) is 6.27. The van der Waals surface area contributed by atoms with Crippen molar-refractivity contribution in [3.8, 4) is 0 Å². The molecular formula is C12H20N6O2S. The predicted molar refractivity (Wildman–Crippen MR) is 82.4 cm³/mol. The fourth-order valence-electron chi connectivity index (χ4n) is 2.09. The van der Waals surface area contributed by atoms with Crippen LogP contribution in [0.3, 0.4) is 0 Å². The van der Waals surface area contributed by atoms with Gasteiger partial charge in [0.25, 0.3) is 5.91 Å². The van der Waals surface area contributed by atoms with E-state index < -0.39 is 5.91 Å². The molecule has 2 amide bonds. The van der Waals surface area contributed by atoms with E-state index in [0.717, 1.165) is 31.3 Å². The van der Waals surface area contributed by atoms with Gasteiger partial charge >= 0.3 is 0 Å². The van der Waals surface area contributed by atoms with Crippen molar-refractivity contribution in [2.24, 2.45) is 5.73 Å². The topological polar surface area (TPSA) is 109 Å². The number of thiazole rings is 1. The first-order valence-corrected chi connectivity index (χ1v) is 7.43. The Kier molecular flexibility index (Phi) is 4.63. The Hall–Kier alpha value is -1.87. The summed E-state index contributed by atoms with van der Waals surface area (Å²) in [5, 5.41) is 0.747. The van der Waals surface area contributed by atoms with Crippen molar-refractivity contribution in [2.75, 3.05) is 57.5 Å². The zero-order valence-electron chi connectivity index (χ0n) is 12.2. The number of likely N-dealkylation sites (N-methyl/N-ethyl adjacent to an activating group) is 2. The largest absolute Gasteiger partial charge is 0.382 e. The highest BCUT2D eigenvalue weighted by Crippen LogP contribution is 2.29. The minimum absolute atomic E-state index is 0.139. The second-order valence-electron chi connectivity index (χ2n) is 5.13. The molecule has 0 radical (unpaired) electrons. The number of carbonyl (C=O) groups is 2. The van der Waals surface area contributed by atoms with E-state index in [2.05, 4.69) is 21.8 Å². The van der Waals surface area contributed by atoms with Crippen LogP contribution in [0.2, 0.25) is 0 Å². The summed E-state index contributed by atoms with van der Waals surface area (Å²) in [5.41, 5.74) is 10.9. The van der Waals surface area contributed by atoms with E-state index in [1.54, 1.807) is 0 Å². The van der Waals surface area contributed by atoms with Crippen LogP contribution in [0.15, 0.2) is 0 Å². The molecular weight excluding hydrogens is 292 g/mol. The van der Waals surface area contributed by atoms with Gasteiger partial charge in [-0.2, -0.15) is 0 Å². The van der Waals surface area contributed by atoms with Crippen molar-refractivity contribution in [1.29, 1.82) is 0 Å². The lowest BCUT2D eigenvalue weighted by Gasteiger charge is -2.32. The molecule has 0 aromatic carbocycles. The van der Waals surface area contributed by atoms with E-state index in [4.69, 9.17) is 11.5 Å². The summed E-state index contributed by atoms with van der Waals surface area (Å²) in [5.74, 6) is -0.687. The van der Waals surface area contributed by atoms with Crippen LogP contribution in [0.1, 0.15) is 9.67 Å². The number of hydrogen-bond acceptors (Lipinski definition) is 7. The molecule has 8 nitrogen and oxygen atoms in total. The highest BCUT2D eigenvalue weighted by Gasteiger charge is 2.24. The molecule has 1 aromatic heterocycles. The molecule has 0 atom stereocenters. The number of hydrogen-bond donors (Lipinski definition) is 2. The first kappa shape index (κ1) is 15.5. The van der Waals surface area contributed by atoms with Crippen LogP contribution in [0.25, 0.3) is 0 Å². The number of aromatic nitrogens is 1. The zero-order valence-corrected chi connectivity index (χ0v) is 13.0. The number of carbonyl (C=O) groups excluding carboxylic acids is 2. The number of piperazine rings is 1. The molecule has 2 heterocycles. The maximum Gasteiger partial charge on any atom is 0.268 e. The van der Waals surface area contributed by atoms with E-state index in [1.165, 1.54) is 23.3 Å². The summed E-state index contributed by atoms with van der Waals surface area (Å²) in [6.07, 6.45) is 0. The van der Waals surface area contributed by atoms with Gasteiger partial charge < -0.3 is 26.2 Å². The summed E-state index contributed by atoms with van der Waals surface area (Å²) >= 11 is 1.26. The Morgan fingerprint density at radius 2 is 1.95 bits per heavy atom. The third-order valence-electron chi connectivity index (χ3n) is 3.35. The molecule has 0 aliphatic carbocycles. The van der Waals surface area contributed by atoms with Crippen LogP contribution in [0.4, 0.5) is 10.9 Å². The van der Waals surface area contributed by atoms with Crippen LogP contribution in [0, 0.1) is 0 Å². The fourth-order valence-corrected chi connectivity index (χ4v) is 3.12. The first-order valence-electron chi connectivity index (χ1n) is 6.62. The Labute approximate surface area is 127 Å². The van der Waals surface area contributed by atoms with Crippen molar-refractivity contribution < 1.29 is 9.59 Å². The smallest absolute Gasteiger partial charge is 0.268 e. The predicted octanol–water partition coefficient (Wildman–Crippen LogP) is -0.966. The van der Waals surface area contributed by atoms with Crippen LogP contribution in [0.5, 0.6) is 0 Å². The molecule has 1 aliphatic heterocycles. The lowest BCUT2D eigenvalue weighted by molar-refractivity contribution is -0.118. The van der Waals surface area contributed by atoms with Gasteiger partial charge in [-0.1, -0.05) is 11.3 Å². The molecule has 0 bridgehead atoms. The van der Waals surface area contributed by atoms with Gasteiger partial charge in [0.15, 0.2) is 5.13 Å². The Balaban J connectivity index is 2.11. The Morgan fingerprint density at radius 3 is 2.52 bits per heavy atom. The van der Waals surface area contributed by atoms with Gasteiger partial charge in [-0.3, -0.25) is 9.59 Å². The summed E-state index contributed by atoms with van der Waals surface area (Å²) in [6, 6.07) is 0.